The van der Waals surface area contributed by atoms with E-state index in [4.69, 9.17) is 4.74 Å². The van der Waals surface area contributed by atoms with Crippen molar-refractivity contribution in [2.75, 3.05) is 0 Å². The monoisotopic (exact) mass is 485 g/mol. The van der Waals surface area contributed by atoms with Gasteiger partial charge < -0.3 is 9.29 Å². The van der Waals surface area contributed by atoms with Crippen molar-refractivity contribution in [1.29, 1.82) is 0 Å². The molecule has 2 aromatic carbocycles. The predicted octanol–water partition coefficient (Wildman–Crippen LogP) is 4.46. The van der Waals surface area contributed by atoms with Crippen molar-refractivity contribution >= 4 is 38.7 Å². The van der Waals surface area contributed by atoms with E-state index >= 15 is 0 Å². The minimum absolute atomic E-state index is 0.0205. The molecule has 0 aromatic heterocycles. The first kappa shape index (κ1) is 19.3. The zero-order valence-corrected chi connectivity index (χ0v) is 17.0. The molecule has 1 fully saturated rings. The van der Waals surface area contributed by atoms with Gasteiger partial charge in [-0.15, -0.1) is 0 Å². The first-order chi connectivity index (χ1) is 12.3. The maximum Gasteiger partial charge on any atom is 0.343 e. The molecule has 0 atom stereocenters. The summed E-state index contributed by atoms with van der Waals surface area (Å²) in [4.78, 5) is 12.2. The van der Waals surface area contributed by atoms with Gasteiger partial charge in [0.25, 0.3) is 0 Å². The van der Waals surface area contributed by atoms with E-state index in [0.717, 1.165) is 35.7 Å². The zero-order valence-electron chi connectivity index (χ0n) is 14.0. The van der Waals surface area contributed by atoms with Gasteiger partial charge in [-0.05, 0) is 83.3 Å². The Balaban J connectivity index is 1.94. The van der Waals surface area contributed by atoms with Crippen LogP contribution in [0.4, 0.5) is 0 Å². The van der Waals surface area contributed by atoms with Crippen molar-refractivity contribution in [2.24, 2.45) is 0 Å². The van der Waals surface area contributed by atoms with Crippen LogP contribution in [0.3, 0.4) is 0 Å². The average Bonchev–Trinajstić information content (AvgIpc) is 2.61. The van der Waals surface area contributed by atoms with Gasteiger partial charge in [0, 0.05) is 3.57 Å². The molecule has 0 bridgehead atoms. The number of halogens is 1. The summed E-state index contributed by atoms with van der Waals surface area (Å²) >= 11 is 2.12. The Morgan fingerprint density at radius 1 is 1.08 bits per heavy atom. The van der Waals surface area contributed by atoms with Gasteiger partial charge in [-0.2, -0.15) is 0 Å². The quantitative estimate of drug-likeness (QED) is 0.276. The minimum Gasteiger partial charge on any atom is -0.744 e. The van der Waals surface area contributed by atoms with E-state index in [-0.39, 0.29) is 16.4 Å². The average molecular weight is 485 g/mol. The summed E-state index contributed by atoms with van der Waals surface area (Å²) in [6.45, 7) is 0. The van der Waals surface area contributed by atoms with E-state index in [1.165, 1.54) is 18.2 Å². The van der Waals surface area contributed by atoms with Crippen LogP contribution in [0.2, 0.25) is 0 Å². The second-order valence-electron chi connectivity index (χ2n) is 6.39. The molecule has 3 rings (SSSR count). The molecule has 5 nitrogen and oxygen atoms in total. The Bertz CT molecular complexity index is 917. The van der Waals surface area contributed by atoms with Crippen molar-refractivity contribution < 1.29 is 22.5 Å². The van der Waals surface area contributed by atoms with Gasteiger partial charge in [-0.25, -0.2) is 13.2 Å². The predicted molar refractivity (Wildman–Crippen MR) is 104 cm³/mol. The van der Waals surface area contributed by atoms with E-state index in [1.54, 1.807) is 18.2 Å². The number of esters is 1. The molecule has 1 aliphatic carbocycles. The lowest BCUT2D eigenvalue weighted by atomic mass is 9.83. The van der Waals surface area contributed by atoms with Crippen LogP contribution in [-0.4, -0.2) is 18.9 Å². The van der Waals surface area contributed by atoms with Gasteiger partial charge in [0.2, 0.25) is 0 Å². The fourth-order valence-electron chi connectivity index (χ4n) is 3.33. The number of ether oxygens (including phenoxy) is 1. The highest BCUT2D eigenvalue weighted by Gasteiger charge is 2.23. The number of hydrogen-bond acceptors (Lipinski definition) is 5. The molecule has 0 unspecified atom stereocenters. The summed E-state index contributed by atoms with van der Waals surface area (Å²) in [7, 11) is -4.59. The molecular weight excluding hydrogens is 467 g/mol. The highest BCUT2D eigenvalue weighted by atomic mass is 127. The molecule has 138 valence electrons. The second kappa shape index (κ2) is 8.06. The van der Waals surface area contributed by atoms with Crippen LogP contribution in [0.25, 0.3) is 0 Å². The van der Waals surface area contributed by atoms with Gasteiger partial charge >= 0.3 is 5.97 Å². The molecular formula is C19H18IO5S-. The molecule has 1 saturated carbocycles. The lowest BCUT2D eigenvalue weighted by molar-refractivity contribution is 0.0734. The largest absolute Gasteiger partial charge is 0.744 e. The van der Waals surface area contributed by atoms with Gasteiger partial charge in [0.1, 0.15) is 15.9 Å². The maximum absolute atomic E-state index is 12.5. The highest BCUT2D eigenvalue weighted by molar-refractivity contribution is 14.1. The number of carbonyl (C=O) groups is 1. The number of hydrogen-bond donors (Lipinski definition) is 0. The summed E-state index contributed by atoms with van der Waals surface area (Å²) in [5, 5.41) is 0. The van der Waals surface area contributed by atoms with E-state index in [0.29, 0.717) is 11.3 Å². The van der Waals surface area contributed by atoms with Crippen molar-refractivity contribution in [3.05, 3.63) is 57.2 Å². The van der Waals surface area contributed by atoms with Crippen LogP contribution in [0.15, 0.2) is 47.4 Å². The SMILES string of the molecule is O=C(Oc1cccc(I)c1)c1ccc(S(=O)(=O)[O-])c(C2CCCCC2)c1. The minimum atomic E-state index is -4.59. The fourth-order valence-corrected chi connectivity index (χ4v) is 4.60. The standard InChI is InChI=1S/C19H19IO5S/c20-15-7-4-8-16(12-15)25-19(21)14-9-10-18(26(22,23)24)17(11-14)13-5-2-1-3-6-13/h4,7-13H,1-3,5-6H2,(H,22,23,24)/p-1. The fraction of sp³-hybridized carbons (Fsp3) is 0.316. The number of carbonyl (C=O) groups excluding carboxylic acids is 1. The molecule has 1 aliphatic rings. The van der Waals surface area contributed by atoms with Crippen molar-refractivity contribution in [1.82, 2.24) is 0 Å². The van der Waals surface area contributed by atoms with Crippen LogP contribution < -0.4 is 4.74 Å². The molecule has 0 saturated heterocycles. The van der Waals surface area contributed by atoms with Crippen LogP contribution >= 0.6 is 22.6 Å². The summed E-state index contributed by atoms with van der Waals surface area (Å²) in [6.07, 6.45) is 4.71. The Kier molecular flexibility index (Phi) is 5.99. The Morgan fingerprint density at radius 3 is 2.46 bits per heavy atom. The molecule has 0 N–H and O–H groups in total. The first-order valence-corrected chi connectivity index (χ1v) is 10.9. The molecule has 0 spiro atoms. The van der Waals surface area contributed by atoms with Crippen molar-refractivity contribution in [2.45, 2.75) is 42.9 Å². The highest BCUT2D eigenvalue weighted by Crippen LogP contribution is 2.36. The number of benzene rings is 2. The third-order valence-electron chi connectivity index (χ3n) is 4.57. The first-order valence-electron chi connectivity index (χ1n) is 8.42. The summed E-state index contributed by atoms with van der Waals surface area (Å²) in [5.41, 5.74) is 0.689. The van der Waals surface area contributed by atoms with Gasteiger partial charge in [0.15, 0.2) is 0 Å². The van der Waals surface area contributed by atoms with Crippen LogP contribution in [0, 0.1) is 3.57 Å². The summed E-state index contributed by atoms with van der Waals surface area (Å²) < 4.78 is 41.2. The van der Waals surface area contributed by atoms with Crippen molar-refractivity contribution in [3.8, 4) is 5.75 Å². The lowest BCUT2D eigenvalue weighted by Crippen LogP contribution is -2.14. The number of rotatable bonds is 4. The molecule has 0 aliphatic heterocycles. The van der Waals surface area contributed by atoms with E-state index in [9.17, 15) is 17.8 Å². The van der Waals surface area contributed by atoms with E-state index < -0.39 is 16.1 Å². The van der Waals surface area contributed by atoms with Crippen LogP contribution in [-0.2, 0) is 10.1 Å². The van der Waals surface area contributed by atoms with Gasteiger partial charge in [-0.1, -0.05) is 25.3 Å². The Labute approximate surface area is 166 Å². The van der Waals surface area contributed by atoms with E-state index in [2.05, 4.69) is 22.6 Å². The summed E-state index contributed by atoms with van der Waals surface area (Å²) in [6, 6.07) is 11.2. The van der Waals surface area contributed by atoms with Crippen LogP contribution in [0.5, 0.6) is 5.75 Å². The van der Waals surface area contributed by atoms with E-state index in [1.807, 2.05) is 6.07 Å². The van der Waals surface area contributed by atoms with Gasteiger partial charge in [-0.3, -0.25) is 0 Å². The molecule has 0 amide bonds. The third-order valence-corrected chi connectivity index (χ3v) is 6.15. The molecule has 26 heavy (non-hydrogen) atoms. The Morgan fingerprint density at radius 2 is 1.81 bits per heavy atom. The molecule has 2 aromatic rings. The molecule has 0 heterocycles. The van der Waals surface area contributed by atoms with Gasteiger partial charge in [0.05, 0.1) is 10.5 Å². The topological polar surface area (TPSA) is 83.5 Å². The molecule has 0 radical (unpaired) electrons. The second-order valence-corrected chi connectivity index (χ2v) is 8.98. The maximum atomic E-state index is 12.5. The zero-order chi connectivity index (χ0) is 18.7. The smallest absolute Gasteiger partial charge is 0.343 e. The lowest BCUT2D eigenvalue weighted by Gasteiger charge is -2.25. The molecule has 7 heteroatoms. The normalized spacial score (nSPS) is 15.6. The van der Waals surface area contributed by atoms with Crippen LogP contribution in [0.1, 0.15) is 53.9 Å². The Hall–Kier alpha value is -1.45. The van der Waals surface area contributed by atoms with Crippen molar-refractivity contribution in [3.63, 3.8) is 0 Å². The summed E-state index contributed by atoms with van der Waals surface area (Å²) in [5.74, 6) is -0.173. The third kappa shape index (κ3) is 4.63.